The fraction of sp³-hybridized carbons (Fsp3) is 0.562. The van der Waals surface area contributed by atoms with Crippen LogP contribution in [-0.4, -0.2) is 30.4 Å². The monoisotopic (exact) mass is 314 g/mol. The number of anilines is 1. The van der Waals surface area contributed by atoms with Crippen LogP contribution in [0.2, 0.25) is 0 Å². The lowest BCUT2D eigenvalue weighted by Gasteiger charge is -2.20. The fourth-order valence-electron chi connectivity index (χ4n) is 2.60. The molecule has 0 bridgehead atoms. The Bertz CT molecular complexity index is 494. The van der Waals surface area contributed by atoms with Gasteiger partial charge in [0.1, 0.15) is 0 Å². The third-order valence-corrected chi connectivity index (χ3v) is 3.82. The highest BCUT2D eigenvalue weighted by molar-refractivity contribution is 5.76. The summed E-state index contributed by atoms with van der Waals surface area (Å²) in [5.74, 6) is 0.0707. The van der Waals surface area contributed by atoms with Crippen molar-refractivity contribution in [3.05, 3.63) is 29.8 Å². The van der Waals surface area contributed by atoms with Gasteiger partial charge in [-0.3, -0.25) is 4.79 Å². The van der Waals surface area contributed by atoms with Gasteiger partial charge >= 0.3 is 6.18 Å². The molecule has 0 spiro atoms. The van der Waals surface area contributed by atoms with Gasteiger partial charge in [0, 0.05) is 31.7 Å². The van der Waals surface area contributed by atoms with E-state index in [4.69, 9.17) is 0 Å². The van der Waals surface area contributed by atoms with Crippen molar-refractivity contribution in [2.45, 2.75) is 38.3 Å². The predicted molar refractivity (Wildman–Crippen MR) is 79.6 cm³/mol. The molecule has 1 aromatic carbocycles. The van der Waals surface area contributed by atoms with E-state index in [1.54, 1.807) is 6.07 Å². The van der Waals surface area contributed by atoms with Crippen LogP contribution in [0.3, 0.4) is 0 Å². The Labute approximate surface area is 128 Å². The fourth-order valence-corrected chi connectivity index (χ4v) is 2.60. The minimum absolute atomic E-state index is 0.0707. The molecule has 2 rings (SSSR count). The van der Waals surface area contributed by atoms with E-state index in [9.17, 15) is 18.0 Å². The number of benzene rings is 1. The summed E-state index contributed by atoms with van der Waals surface area (Å²) >= 11 is 0. The van der Waals surface area contributed by atoms with E-state index in [0.29, 0.717) is 18.7 Å². The first-order valence-corrected chi connectivity index (χ1v) is 7.66. The maximum Gasteiger partial charge on any atom is 0.416 e. The molecule has 122 valence electrons. The molecule has 0 unspecified atom stereocenters. The largest absolute Gasteiger partial charge is 0.416 e. The van der Waals surface area contributed by atoms with Crippen LogP contribution in [-0.2, 0) is 11.0 Å². The first-order chi connectivity index (χ1) is 10.5. The lowest BCUT2D eigenvalue weighted by atomic mass is 10.2. The van der Waals surface area contributed by atoms with Crippen LogP contribution >= 0.6 is 0 Å². The number of amides is 1. The zero-order valence-corrected chi connectivity index (χ0v) is 12.5. The molecule has 6 heteroatoms. The number of carbonyl (C=O) groups is 1. The van der Waals surface area contributed by atoms with Gasteiger partial charge in [-0.2, -0.15) is 13.2 Å². The van der Waals surface area contributed by atoms with Crippen LogP contribution in [0.15, 0.2) is 24.3 Å². The second kappa shape index (κ2) is 7.51. The van der Waals surface area contributed by atoms with Gasteiger partial charge < -0.3 is 10.2 Å². The Balaban J connectivity index is 1.82. The van der Waals surface area contributed by atoms with E-state index in [2.05, 4.69) is 5.32 Å². The maximum atomic E-state index is 12.6. The van der Waals surface area contributed by atoms with Gasteiger partial charge in [-0.1, -0.05) is 18.9 Å². The van der Waals surface area contributed by atoms with Crippen LogP contribution in [0.25, 0.3) is 0 Å². The molecular formula is C16H21F3N2O. The predicted octanol–water partition coefficient (Wildman–Crippen LogP) is 3.91. The molecule has 1 aromatic rings. The molecule has 1 aliphatic heterocycles. The second-order valence-electron chi connectivity index (χ2n) is 5.55. The molecule has 1 saturated heterocycles. The summed E-state index contributed by atoms with van der Waals surface area (Å²) in [6, 6.07) is 5.04. The zero-order chi connectivity index (χ0) is 16.0. The van der Waals surface area contributed by atoms with Gasteiger partial charge in [0.15, 0.2) is 0 Å². The first kappa shape index (κ1) is 16.6. The number of carbonyl (C=O) groups excluding carboxylic acids is 1. The van der Waals surface area contributed by atoms with Crippen molar-refractivity contribution < 1.29 is 18.0 Å². The summed E-state index contributed by atoms with van der Waals surface area (Å²) in [7, 11) is 0. The van der Waals surface area contributed by atoms with Gasteiger partial charge in [0.05, 0.1) is 5.56 Å². The summed E-state index contributed by atoms with van der Waals surface area (Å²) in [4.78, 5) is 13.9. The van der Waals surface area contributed by atoms with E-state index in [1.165, 1.54) is 6.07 Å². The number of likely N-dealkylation sites (tertiary alicyclic amines) is 1. The lowest BCUT2D eigenvalue weighted by Crippen LogP contribution is -2.32. The Morgan fingerprint density at radius 3 is 2.45 bits per heavy atom. The number of hydrogen-bond donors (Lipinski definition) is 1. The van der Waals surface area contributed by atoms with Gasteiger partial charge in [-0.15, -0.1) is 0 Å². The van der Waals surface area contributed by atoms with E-state index in [1.807, 2.05) is 4.90 Å². The Hall–Kier alpha value is -1.72. The molecule has 3 nitrogen and oxygen atoms in total. The standard InChI is InChI=1S/C16H21F3N2O/c17-16(18,19)13-6-5-7-14(12-13)20-9-8-15(22)21-10-3-1-2-4-11-21/h5-7,12,20H,1-4,8-11H2. The minimum Gasteiger partial charge on any atom is -0.385 e. The summed E-state index contributed by atoms with van der Waals surface area (Å²) in [6.45, 7) is 1.93. The quantitative estimate of drug-likeness (QED) is 0.914. The zero-order valence-electron chi connectivity index (χ0n) is 12.5. The molecule has 0 aliphatic carbocycles. The van der Waals surface area contributed by atoms with Crippen molar-refractivity contribution in [2.75, 3.05) is 25.0 Å². The second-order valence-corrected chi connectivity index (χ2v) is 5.55. The van der Waals surface area contributed by atoms with E-state index >= 15 is 0 Å². The van der Waals surface area contributed by atoms with Crippen molar-refractivity contribution in [1.82, 2.24) is 4.90 Å². The molecule has 0 saturated carbocycles. The Morgan fingerprint density at radius 2 is 1.82 bits per heavy atom. The molecule has 1 amide bonds. The average molecular weight is 314 g/mol. The molecule has 22 heavy (non-hydrogen) atoms. The minimum atomic E-state index is -4.35. The third-order valence-electron chi connectivity index (χ3n) is 3.82. The molecule has 0 radical (unpaired) electrons. The van der Waals surface area contributed by atoms with Crippen molar-refractivity contribution in [1.29, 1.82) is 0 Å². The van der Waals surface area contributed by atoms with Crippen LogP contribution in [0, 0.1) is 0 Å². The third kappa shape index (κ3) is 4.93. The topological polar surface area (TPSA) is 32.3 Å². The van der Waals surface area contributed by atoms with Crippen molar-refractivity contribution in [3.63, 3.8) is 0 Å². The summed E-state index contributed by atoms with van der Waals surface area (Å²) in [6.07, 6.45) is 0.341. The van der Waals surface area contributed by atoms with E-state index < -0.39 is 11.7 Å². The number of nitrogens with zero attached hydrogens (tertiary/aromatic N) is 1. The molecule has 0 atom stereocenters. The molecule has 1 fully saturated rings. The summed E-state index contributed by atoms with van der Waals surface area (Å²) < 4.78 is 37.8. The van der Waals surface area contributed by atoms with Crippen molar-refractivity contribution in [3.8, 4) is 0 Å². The van der Waals surface area contributed by atoms with E-state index in [-0.39, 0.29) is 5.91 Å². The van der Waals surface area contributed by atoms with Gasteiger partial charge in [-0.25, -0.2) is 0 Å². The molecule has 1 aliphatic rings. The number of rotatable bonds is 4. The van der Waals surface area contributed by atoms with Crippen LogP contribution < -0.4 is 5.32 Å². The average Bonchev–Trinajstić information content (AvgIpc) is 2.76. The van der Waals surface area contributed by atoms with Crippen molar-refractivity contribution in [2.24, 2.45) is 0 Å². The van der Waals surface area contributed by atoms with Gasteiger partial charge in [0.25, 0.3) is 0 Å². The summed E-state index contributed by atoms with van der Waals surface area (Å²) in [5.41, 5.74) is -0.296. The molecule has 1 heterocycles. The Kier molecular flexibility index (Phi) is 5.69. The maximum absolute atomic E-state index is 12.6. The van der Waals surface area contributed by atoms with Gasteiger partial charge in [0.2, 0.25) is 5.91 Å². The SMILES string of the molecule is O=C(CCNc1cccc(C(F)(F)F)c1)N1CCCCCC1. The van der Waals surface area contributed by atoms with Gasteiger partial charge in [-0.05, 0) is 31.0 Å². The first-order valence-electron chi connectivity index (χ1n) is 7.66. The van der Waals surface area contributed by atoms with Crippen molar-refractivity contribution >= 4 is 11.6 Å². The van der Waals surface area contributed by atoms with Crippen LogP contribution in [0.4, 0.5) is 18.9 Å². The Morgan fingerprint density at radius 1 is 1.14 bits per heavy atom. The molecule has 1 N–H and O–H groups in total. The normalized spacial score (nSPS) is 16.2. The smallest absolute Gasteiger partial charge is 0.385 e. The van der Waals surface area contributed by atoms with Crippen LogP contribution in [0.1, 0.15) is 37.7 Å². The molecular weight excluding hydrogens is 293 g/mol. The number of nitrogens with one attached hydrogen (secondary N) is 1. The number of hydrogen-bond acceptors (Lipinski definition) is 2. The highest BCUT2D eigenvalue weighted by Crippen LogP contribution is 2.30. The number of alkyl halides is 3. The lowest BCUT2D eigenvalue weighted by molar-refractivity contribution is -0.137. The summed E-state index contributed by atoms with van der Waals surface area (Å²) in [5, 5.41) is 2.90. The van der Waals surface area contributed by atoms with Crippen LogP contribution in [0.5, 0.6) is 0 Å². The van der Waals surface area contributed by atoms with E-state index in [0.717, 1.165) is 50.9 Å². The highest BCUT2D eigenvalue weighted by Gasteiger charge is 2.30. The highest BCUT2D eigenvalue weighted by atomic mass is 19.4. The number of halogens is 3. The molecule has 0 aromatic heterocycles.